The molecule has 1 aromatic carbocycles. The number of nitrogens with one attached hydrogen (secondary N) is 1. The highest BCUT2D eigenvalue weighted by atomic mass is 79.9. The number of fused-ring (bicyclic) bond motifs is 1. The van der Waals surface area contributed by atoms with Gasteiger partial charge in [0.25, 0.3) is 0 Å². The number of hydrogen-bond acceptors (Lipinski definition) is 2. The van der Waals surface area contributed by atoms with E-state index < -0.39 is 0 Å². The third kappa shape index (κ3) is 1.36. The van der Waals surface area contributed by atoms with Crippen molar-refractivity contribution >= 4 is 26.8 Å². The number of nitriles is 1. The van der Waals surface area contributed by atoms with Crippen LogP contribution in [0.2, 0.25) is 0 Å². The van der Waals surface area contributed by atoms with Crippen LogP contribution in [0.5, 0.6) is 5.75 Å². The number of aromatic amines is 1. The van der Waals surface area contributed by atoms with E-state index in [0.717, 1.165) is 15.4 Å². The van der Waals surface area contributed by atoms with Gasteiger partial charge in [0.2, 0.25) is 0 Å². The summed E-state index contributed by atoms with van der Waals surface area (Å²) >= 11 is 3.30. The van der Waals surface area contributed by atoms with E-state index in [9.17, 15) is 5.11 Å². The Labute approximate surface area is 89.1 Å². The van der Waals surface area contributed by atoms with E-state index >= 15 is 0 Å². The Morgan fingerprint density at radius 3 is 3.00 bits per heavy atom. The molecule has 0 saturated carbocycles. The number of hydrogen-bond donors (Lipinski definition) is 2. The fraction of sp³-hybridized carbons (Fsp3) is 0.100. The zero-order valence-corrected chi connectivity index (χ0v) is 8.80. The minimum Gasteiger partial charge on any atom is -0.506 e. The molecule has 0 bridgehead atoms. The second-order valence-electron chi connectivity index (χ2n) is 3.00. The van der Waals surface area contributed by atoms with Crippen molar-refractivity contribution in [2.45, 2.75) is 6.42 Å². The standard InChI is InChI=1S/C10H7BrN2O/c11-7-3-8-6(1-2-12)5-13-10(8)9(14)4-7/h3-5,13-14H,1H2. The van der Waals surface area contributed by atoms with Gasteiger partial charge in [-0.3, -0.25) is 0 Å². The lowest BCUT2D eigenvalue weighted by Crippen LogP contribution is -1.77. The number of aromatic hydroxyl groups is 1. The lowest BCUT2D eigenvalue weighted by Gasteiger charge is -1.97. The summed E-state index contributed by atoms with van der Waals surface area (Å²) in [5, 5.41) is 19.1. The summed E-state index contributed by atoms with van der Waals surface area (Å²) in [5.41, 5.74) is 1.58. The van der Waals surface area contributed by atoms with Crippen LogP contribution >= 0.6 is 15.9 Å². The Morgan fingerprint density at radius 1 is 1.50 bits per heavy atom. The molecule has 2 rings (SSSR count). The Morgan fingerprint density at radius 2 is 2.29 bits per heavy atom. The summed E-state index contributed by atoms with van der Waals surface area (Å²) in [5.74, 6) is 0.193. The molecule has 0 radical (unpaired) electrons. The molecule has 0 unspecified atom stereocenters. The predicted octanol–water partition coefficient (Wildman–Crippen LogP) is 2.70. The molecule has 0 spiro atoms. The zero-order chi connectivity index (χ0) is 10.1. The molecule has 4 heteroatoms. The minimum atomic E-state index is 0.193. The van der Waals surface area contributed by atoms with Crippen LogP contribution in [0, 0.1) is 11.3 Å². The van der Waals surface area contributed by atoms with Crippen LogP contribution < -0.4 is 0 Å². The van der Waals surface area contributed by atoms with Crippen molar-refractivity contribution in [3.05, 3.63) is 28.4 Å². The number of benzene rings is 1. The lowest BCUT2D eigenvalue weighted by atomic mass is 10.1. The van der Waals surface area contributed by atoms with Crippen molar-refractivity contribution in [1.82, 2.24) is 4.98 Å². The van der Waals surface area contributed by atoms with E-state index in [1.165, 1.54) is 0 Å². The number of nitrogens with zero attached hydrogens (tertiary/aromatic N) is 1. The molecular weight excluding hydrogens is 244 g/mol. The highest BCUT2D eigenvalue weighted by molar-refractivity contribution is 9.10. The number of aromatic nitrogens is 1. The van der Waals surface area contributed by atoms with Crippen molar-refractivity contribution in [2.75, 3.05) is 0 Å². The minimum absolute atomic E-state index is 0.193. The smallest absolute Gasteiger partial charge is 0.140 e. The van der Waals surface area contributed by atoms with Crippen LogP contribution in [-0.2, 0) is 6.42 Å². The van der Waals surface area contributed by atoms with Gasteiger partial charge in [0.1, 0.15) is 5.75 Å². The van der Waals surface area contributed by atoms with E-state index in [0.29, 0.717) is 11.9 Å². The zero-order valence-electron chi connectivity index (χ0n) is 7.21. The van der Waals surface area contributed by atoms with Gasteiger partial charge < -0.3 is 10.1 Å². The highest BCUT2D eigenvalue weighted by Crippen LogP contribution is 2.30. The van der Waals surface area contributed by atoms with Crippen LogP contribution in [0.4, 0.5) is 0 Å². The van der Waals surface area contributed by atoms with E-state index in [-0.39, 0.29) is 5.75 Å². The number of H-pyrrole nitrogens is 1. The number of phenolic OH excluding ortho intramolecular Hbond substituents is 1. The molecule has 0 fully saturated rings. The van der Waals surface area contributed by atoms with Gasteiger partial charge in [-0.2, -0.15) is 5.26 Å². The molecule has 2 aromatic rings. The lowest BCUT2D eigenvalue weighted by molar-refractivity contribution is 0.480. The summed E-state index contributed by atoms with van der Waals surface area (Å²) in [6.07, 6.45) is 2.09. The van der Waals surface area contributed by atoms with E-state index in [4.69, 9.17) is 5.26 Å². The summed E-state index contributed by atoms with van der Waals surface area (Å²) in [6, 6.07) is 5.59. The van der Waals surface area contributed by atoms with Crippen molar-refractivity contribution in [2.24, 2.45) is 0 Å². The van der Waals surface area contributed by atoms with Crippen LogP contribution in [0.15, 0.2) is 22.8 Å². The van der Waals surface area contributed by atoms with Crippen molar-refractivity contribution in [1.29, 1.82) is 5.26 Å². The maximum atomic E-state index is 9.59. The highest BCUT2D eigenvalue weighted by Gasteiger charge is 2.07. The summed E-state index contributed by atoms with van der Waals surface area (Å²) in [4.78, 5) is 2.95. The number of halogens is 1. The van der Waals surface area contributed by atoms with E-state index in [1.54, 1.807) is 12.3 Å². The van der Waals surface area contributed by atoms with Crippen molar-refractivity contribution < 1.29 is 5.11 Å². The third-order valence-corrected chi connectivity index (χ3v) is 2.55. The van der Waals surface area contributed by atoms with Gasteiger partial charge in [-0.15, -0.1) is 0 Å². The molecule has 0 amide bonds. The molecule has 0 saturated heterocycles. The maximum absolute atomic E-state index is 9.59. The predicted molar refractivity (Wildman–Crippen MR) is 57.0 cm³/mol. The molecule has 70 valence electrons. The molecular formula is C10H7BrN2O. The molecule has 14 heavy (non-hydrogen) atoms. The fourth-order valence-electron chi connectivity index (χ4n) is 1.47. The molecule has 0 atom stereocenters. The Kier molecular flexibility index (Phi) is 2.18. The average molecular weight is 251 g/mol. The first-order valence-corrected chi connectivity index (χ1v) is 4.87. The Hall–Kier alpha value is -1.47. The molecule has 0 aliphatic heterocycles. The third-order valence-electron chi connectivity index (χ3n) is 2.09. The molecule has 2 N–H and O–H groups in total. The van der Waals surface area contributed by atoms with Gasteiger partial charge in [0, 0.05) is 16.1 Å². The van der Waals surface area contributed by atoms with Crippen LogP contribution in [0.1, 0.15) is 5.56 Å². The molecule has 0 aliphatic carbocycles. The molecule has 3 nitrogen and oxygen atoms in total. The first kappa shape index (κ1) is 9.10. The second kappa shape index (κ2) is 3.35. The van der Waals surface area contributed by atoms with Crippen LogP contribution in [-0.4, -0.2) is 10.1 Å². The number of phenols is 1. The second-order valence-corrected chi connectivity index (χ2v) is 3.91. The Balaban J connectivity index is 2.73. The van der Waals surface area contributed by atoms with Gasteiger partial charge in [-0.25, -0.2) is 0 Å². The summed E-state index contributed by atoms with van der Waals surface area (Å²) in [7, 11) is 0. The van der Waals surface area contributed by atoms with Crippen molar-refractivity contribution in [3.63, 3.8) is 0 Å². The first-order chi connectivity index (χ1) is 6.72. The van der Waals surface area contributed by atoms with Crippen LogP contribution in [0.25, 0.3) is 10.9 Å². The van der Waals surface area contributed by atoms with E-state index in [2.05, 4.69) is 27.0 Å². The summed E-state index contributed by atoms with van der Waals surface area (Å²) in [6.45, 7) is 0. The van der Waals surface area contributed by atoms with Gasteiger partial charge in [-0.1, -0.05) is 15.9 Å². The molecule has 0 aliphatic rings. The average Bonchev–Trinajstić information content (AvgIpc) is 2.49. The normalized spacial score (nSPS) is 10.3. The summed E-state index contributed by atoms with van der Waals surface area (Å²) < 4.78 is 0.807. The van der Waals surface area contributed by atoms with Crippen molar-refractivity contribution in [3.8, 4) is 11.8 Å². The fourth-order valence-corrected chi connectivity index (χ4v) is 1.91. The monoisotopic (exact) mass is 250 g/mol. The van der Waals surface area contributed by atoms with Gasteiger partial charge in [0.15, 0.2) is 0 Å². The van der Waals surface area contributed by atoms with E-state index in [1.807, 2.05) is 6.07 Å². The van der Waals surface area contributed by atoms with Crippen LogP contribution in [0.3, 0.4) is 0 Å². The van der Waals surface area contributed by atoms with Gasteiger partial charge >= 0.3 is 0 Å². The Bertz CT molecular complexity index is 525. The maximum Gasteiger partial charge on any atom is 0.140 e. The van der Waals surface area contributed by atoms with Gasteiger partial charge in [0.05, 0.1) is 18.0 Å². The SMILES string of the molecule is N#CCc1c[nH]c2c(O)cc(Br)cc12. The molecule has 1 aromatic heterocycles. The molecule has 1 heterocycles. The largest absolute Gasteiger partial charge is 0.506 e. The van der Waals surface area contributed by atoms with Gasteiger partial charge in [-0.05, 0) is 17.7 Å². The number of rotatable bonds is 1. The first-order valence-electron chi connectivity index (χ1n) is 4.08. The quantitative estimate of drug-likeness (QED) is 0.818. The topological polar surface area (TPSA) is 59.8 Å².